The molecule has 0 aliphatic carbocycles. The van der Waals surface area contributed by atoms with Gasteiger partial charge in [-0.25, -0.2) is 4.79 Å². The molecule has 2 aliphatic rings. The molecule has 2 fully saturated rings. The fraction of sp³-hybridized carbons (Fsp3) is 0.421. The van der Waals surface area contributed by atoms with Gasteiger partial charge >= 0.3 is 6.09 Å². The van der Waals surface area contributed by atoms with Gasteiger partial charge in [-0.1, -0.05) is 12.1 Å². The number of rotatable bonds is 3. The van der Waals surface area contributed by atoms with Crippen LogP contribution in [0.4, 0.5) is 4.79 Å². The van der Waals surface area contributed by atoms with E-state index in [1.54, 1.807) is 18.1 Å². The van der Waals surface area contributed by atoms with Crippen LogP contribution >= 0.6 is 0 Å². The molecule has 0 bridgehead atoms. The number of likely N-dealkylation sites (tertiary alicyclic amines) is 1. The first-order valence-corrected chi connectivity index (χ1v) is 9.05. The summed E-state index contributed by atoms with van der Waals surface area (Å²) in [4.78, 5) is 26.1. The van der Waals surface area contributed by atoms with Gasteiger partial charge < -0.3 is 19.7 Å². The Morgan fingerprint density at radius 3 is 2.93 bits per heavy atom. The topological polar surface area (TPSA) is 96.5 Å². The number of carbonyl (C=O) groups excluding carboxylic acids is 2. The molecule has 0 unspecified atom stereocenters. The van der Waals surface area contributed by atoms with Gasteiger partial charge in [-0.15, -0.1) is 0 Å². The van der Waals surface area contributed by atoms with Crippen LogP contribution in [0.25, 0.3) is 11.3 Å². The maximum absolute atomic E-state index is 12.9. The number of hydrogen-bond donors (Lipinski definition) is 2. The van der Waals surface area contributed by atoms with Crippen molar-refractivity contribution in [3.8, 4) is 17.0 Å². The van der Waals surface area contributed by atoms with Gasteiger partial charge in [0.2, 0.25) is 0 Å². The highest BCUT2D eigenvalue weighted by Gasteiger charge is 2.42. The molecule has 1 atom stereocenters. The molecule has 2 N–H and O–H groups in total. The first-order valence-electron chi connectivity index (χ1n) is 9.05. The number of nitrogens with zero attached hydrogens (tertiary/aromatic N) is 2. The smallest absolute Gasteiger partial charge is 0.407 e. The number of H-pyrrole nitrogens is 1. The zero-order valence-corrected chi connectivity index (χ0v) is 15.2. The summed E-state index contributed by atoms with van der Waals surface area (Å²) in [5, 5.41) is 9.85. The van der Waals surface area contributed by atoms with Crippen LogP contribution in [0.15, 0.2) is 30.3 Å². The number of carbonyl (C=O) groups is 2. The second-order valence-electron chi connectivity index (χ2n) is 6.94. The normalized spacial score (nSPS) is 22.3. The van der Waals surface area contributed by atoms with Crippen LogP contribution in [0.5, 0.6) is 5.75 Å². The monoisotopic (exact) mass is 370 g/mol. The van der Waals surface area contributed by atoms with Crippen LogP contribution in [0.1, 0.15) is 29.8 Å². The lowest BCUT2D eigenvalue weighted by Gasteiger charge is -2.24. The van der Waals surface area contributed by atoms with Gasteiger partial charge in [-0.2, -0.15) is 5.10 Å². The van der Waals surface area contributed by atoms with Gasteiger partial charge in [0.25, 0.3) is 5.91 Å². The molecule has 2 saturated heterocycles. The molecule has 1 aromatic heterocycles. The van der Waals surface area contributed by atoms with E-state index in [-0.39, 0.29) is 12.0 Å². The minimum Gasteiger partial charge on any atom is -0.496 e. The van der Waals surface area contributed by atoms with Gasteiger partial charge in [0.15, 0.2) is 0 Å². The molecule has 0 radical (unpaired) electrons. The molecule has 1 spiro atoms. The lowest BCUT2D eigenvalue weighted by molar-refractivity contribution is 0.0438. The minimum absolute atomic E-state index is 0.0991. The second kappa shape index (κ2) is 6.94. The van der Waals surface area contributed by atoms with Crippen LogP contribution in [0, 0.1) is 0 Å². The van der Waals surface area contributed by atoms with Crippen LogP contribution in [0.3, 0.4) is 0 Å². The zero-order valence-electron chi connectivity index (χ0n) is 15.2. The lowest BCUT2D eigenvalue weighted by Crippen LogP contribution is -2.36. The van der Waals surface area contributed by atoms with Crippen molar-refractivity contribution in [3.05, 3.63) is 36.0 Å². The fourth-order valence-electron chi connectivity index (χ4n) is 3.75. The molecule has 8 heteroatoms. The number of aromatic nitrogens is 2. The van der Waals surface area contributed by atoms with Crippen molar-refractivity contribution in [2.24, 2.45) is 0 Å². The van der Waals surface area contributed by atoms with Crippen LogP contribution in [-0.2, 0) is 4.74 Å². The van der Waals surface area contributed by atoms with E-state index in [9.17, 15) is 9.59 Å². The molecule has 27 heavy (non-hydrogen) atoms. The lowest BCUT2D eigenvalue weighted by atomic mass is 9.95. The van der Waals surface area contributed by atoms with E-state index in [1.807, 2.05) is 24.3 Å². The van der Waals surface area contributed by atoms with E-state index in [4.69, 9.17) is 9.47 Å². The molecule has 8 nitrogen and oxygen atoms in total. The van der Waals surface area contributed by atoms with Crippen molar-refractivity contribution in [1.82, 2.24) is 20.4 Å². The number of alkyl carbamates (subject to hydrolysis) is 1. The van der Waals surface area contributed by atoms with E-state index in [0.717, 1.165) is 18.4 Å². The van der Waals surface area contributed by atoms with E-state index >= 15 is 0 Å². The maximum Gasteiger partial charge on any atom is 0.407 e. The van der Waals surface area contributed by atoms with Crippen LogP contribution in [-0.4, -0.2) is 59.4 Å². The Hall–Kier alpha value is -3.03. The summed E-state index contributed by atoms with van der Waals surface area (Å²) in [6, 6.07) is 9.30. The van der Waals surface area contributed by atoms with Gasteiger partial charge in [0.1, 0.15) is 17.0 Å². The van der Waals surface area contributed by atoms with E-state index < -0.39 is 5.60 Å². The molecule has 3 heterocycles. The number of hydrogen-bond acceptors (Lipinski definition) is 5. The average Bonchev–Trinajstić information content (AvgIpc) is 3.25. The fourth-order valence-corrected chi connectivity index (χ4v) is 3.75. The van der Waals surface area contributed by atoms with Gasteiger partial charge in [-0.05, 0) is 31.0 Å². The third-order valence-electron chi connectivity index (χ3n) is 5.24. The van der Waals surface area contributed by atoms with Crippen molar-refractivity contribution < 1.29 is 19.1 Å². The minimum atomic E-state index is -0.483. The zero-order chi connectivity index (χ0) is 18.9. The van der Waals surface area contributed by atoms with Crippen LogP contribution in [0.2, 0.25) is 0 Å². The number of nitrogens with one attached hydrogen (secondary N) is 2. The predicted octanol–water partition coefficient (Wildman–Crippen LogP) is 2.19. The second-order valence-corrected chi connectivity index (χ2v) is 6.94. The van der Waals surface area contributed by atoms with Crippen LogP contribution < -0.4 is 10.1 Å². The molecule has 4 rings (SSSR count). The van der Waals surface area contributed by atoms with Gasteiger partial charge in [0, 0.05) is 25.1 Å². The first kappa shape index (κ1) is 17.4. The third kappa shape index (κ3) is 3.34. The molecule has 0 saturated carbocycles. The summed E-state index contributed by atoms with van der Waals surface area (Å²) in [7, 11) is 1.61. The Morgan fingerprint density at radius 2 is 2.15 bits per heavy atom. The molecular weight excluding hydrogens is 348 g/mol. The summed E-state index contributed by atoms with van der Waals surface area (Å²) in [5.74, 6) is 0.605. The number of amides is 2. The molecule has 2 aliphatic heterocycles. The molecule has 2 aromatic rings. The molecule has 1 aromatic carbocycles. The largest absolute Gasteiger partial charge is 0.496 e. The first-order chi connectivity index (χ1) is 13.1. The summed E-state index contributed by atoms with van der Waals surface area (Å²) in [6.07, 6.45) is 1.80. The van der Waals surface area contributed by atoms with Gasteiger partial charge in [0.05, 0.1) is 19.3 Å². The van der Waals surface area contributed by atoms with Crippen molar-refractivity contribution in [2.75, 3.05) is 26.7 Å². The maximum atomic E-state index is 12.9. The average molecular weight is 370 g/mol. The summed E-state index contributed by atoms with van der Waals surface area (Å²) in [5.41, 5.74) is 1.45. The van der Waals surface area contributed by atoms with E-state index in [2.05, 4.69) is 15.5 Å². The number of aromatic amines is 1. The number of ether oxygens (including phenoxy) is 2. The molecular formula is C19H22N4O4. The quantitative estimate of drug-likeness (QED) is 0.863. The Morgan fingerprint density at radius 1 is 1.30 bits per heavy atom. The highest BCUT2D eigenvalue weighted by Crippen LogP contribution is 2.31. The standard InChI is InChI=1S/C19H22N4O4/c1-26-16-6-3-2-5-13(16)14-11-15(22-21-14)17(24)23-9-4-7-19(8-10-23)12-20-18(25)27-19/h2-3,5-6,11H,4,7-10,12H2,1H3,(H,20,25)(H,21,22)/t19-/m0/s1. The van der Waals surface area contributed by atoms with E-state index in [1.165, 1.54) is 0 Å². The Bertz CT molecular complexity index is 865. The van der Waals surface area contributed by atoms with Crippen molar-refractivity contribution in [1.29, 1.82) is 0 Å². The van der Waals surface area contributed by atoms with Crippen molar-refractivity contribution >= 4 is 12.0 Å². The third-order valence-corrected chi connectivity index (χ3v) is 5.24. The van der Waals surface area contributed by atoms with Gasteiger partial charge in [-0.3, -0.25) is 9.89 Å². The molecule has 2 amide bonds. The van der Waals surface area contributed by atoms with Crippen molar-refractivity contribution in [3.63, 3.8) is 0 Å². The number of methoxy groups -OCH3 is 1. The summed E-state index contributed by atoms with van der Waals surface area (Å²) >= 11 is 0. The number of benzene rings is 1. The van der Waals surface area contributed by atoms with Crippen molar-refractivity contribution in [2.45, 2.75) is 24.9 Å². The summed E-state index contributed by atoms with van der Waals surface area (Å²) < 4.78 is 10.8. The highest BCUT2D eigenvalue weighted by atomic mass is 16.6. The number of para-hydroxylation sites is 1. The summed E-state index contributed by atoms with van der Waals surface area (Å²) in [6.45, 7) is 1.67. The highest BCUT2D eigenvalue weighted by molar-refractivity contribution is 5.93. The Labute approximate surface area is 156 Å². The Kier molecular flexibility index (Phi) is 4.47. The Balaban J connectivity index is 1.49. The van der Waals surface area contributed by atoms with E-state index in [0.29, 0.717) is 43.2 Å². The predicted molar refractivity (Wildman–Crippen MR) is 97.5 cm³/mol. The SMILES string of the molecule is COc1ccccc1-c1cc(C(=O)N2CCC[C@]3(CC2)CNC(=O)O3)[nH]n1. The molecule has 142 valence electrons.